The van der Waals surface area contributed by atoms with Crippen molar-refractivity contribution in [2.24, 2.45) is 0 Å². The van der Waals surface area contributed by atoms with Crippen molar-refractivity contribution < 1.29 is 5.11 Å². The molecular weight excluding hydrogens is 236 g/mol. The highest BCUT2D eigenvalue weighted by atomic mass is 16.3. The number of hydrogen-bond acceptors (Lipinski definition) is 3. The number of nitrogens with zero attached hydrogens (tertiary/aromatic N) is 1. The summed E-state index contributed by atoms with van der Waals surface area (Å²) in [6, 6.07) is 0.672. The SMILES string of the molecule is CCCCN(CCCC(C)(CO)NCC)C(C)CC. The van der Waals surface area contributed by atoms with E-state index >= 15 is 0 Å². The van der Waals surface area contributed by atoms with Crippen LogP contribution >= 0.6 is 0 Å². The average Bonchev–Trinajstić information content (AvgIpc) is 2.42. The fraction of sp³-hybridized carbons (Fsp3) is 1.00. The minimum atomic E-state index is -0.110. The predicted octanol–water partition coefficient (Wildman–Crippen LogP) is 3.03. The van der Waals surface area contributed by atoms with Crippen LogP contribution in [0.4, 0.5) is 0 Å². The zero-order valence-electron chi connectivity index (χ0n) is 13.8. The zero-order valence-corrected chi connectivity index (χ0v) is 13.8. The normalized spacial score (nSPS) is 16.6. The monoisotopic (exact) mass is 272 g/mol. The number of aliphatic hydroxyl groups is 1. The second kappa shape index (κ2) is 10.6. The Labute approximate surface area is 120 Å². The molecule has 0 aromatic heterocycles. The molecule has 0 aromatic carbocycles. The van der Waals surface area contributed by atoms with Crippen molar-refractivity contribution >= 4 is 0 Å². The summed E-state index contributed by atoms with van der Waals surface area (Å²) in [5.74, 6) is 0. The largest absolute Gasteiger partial charge is 0.394 e. The van der Waals surface area contributed by atoms with Gasteiger partial charge in [0.2, 0.25) is 0 Å². The first-order valence-electron chi connectivity index (χ1n) is 8.12. The van der Waals surface area contributed by atoms with E-state index in [1.54, 1.807) is 0 Å². The van der Waals surface area contributed by atoms with E-state index in [0.717, 1.165) is 25.9 Å². The zero-order chi connectivity index (χ0) is 14.7. The first-order valence-corrected chi connectivity index (χ1v) is 8.12. The molecule has 2 unspecified atom stereocenters. The molecule has 0 radical (unpaired) electrons. The summed E-state index contributed by atoms with van der Waals surface area (Å²) in [6.45, 7) is 14.6. The molecule has 0 bridgehead atoms. The van der Waals surface area contributed by atoms with Gasteiger partial charge in [-0.25, -0.2) is 0 Å². The Hall–Kier alpha value is -0.120. The average molecular weight is 272 g/mol. The maximum absolute atomic E-state index is 9.50. The highest BCUT2D eigenvalue weighted by molar-refractivity contribution is 4.82. The van der Waals surface area contributed by atoms with Gasteiger partial charge < -0.3 is 15.3 Å². The summed E-state index contributed by atoms with van der Waals surface area (Å²) in [6.07, 6.45) is 5.95. The molecule has 0 aromatic rings. The van der Waals surface area contributed by atoms with E-state index in [0.29, 0.717) is 6.04 Å². The molecule has 0 spiro atoms. The lowest BCUT2D eigenvalue weighted by Gasteiger charge is -2.32. The van der Waals surface area contributed by atoms with Gasteiger partial charge in [-0.2, -0.15) is 0 Å². The van der Waals surface area contributed by atoms with Gasteiger partial charge in [-0.05, 0) is 59.2 Å². The molecular formula is C16H36N2O. The van der Waals surface area contributed by atoms with Crippen molar-refractivity contribution in [2.75, 3.05) is 26.2 Å². The minimum absolute atomic E-state index is 0.110. The van der Waals surface area contributed by atoms with Gasteiger partial charge in [-0.15, -0.1) is 0 Å². The Morgan fingerprint density at radius 3 is 2.26 bits per heavy atom. The van der Waals surface area contributed by atoms with Gasteiger partial charge in [0.15, 0.2) is 0 Å². The van der Waals surface area contributed by atoms with Crippen molar-refractivity contribution in [3.8, 4) is 0 Å². The third-order valence-electron chi connectivity index (χ3n) is 4.14. The van der Waals surface area contributed by atoms with Gasteiger partial charge in [0, 0.05) is 11.6 Å². The lowest BCUT2D eigenvalue weighted by Crippen LogP contribution is -2.46. The van der Waals surface area contributed by atoms with Crippen LogP contribution in [0.25, 0.3) is 0 Å². The van der Waals surface area contributed by atoms with Gasteiger partial charge in [-0.3, -0.25) is 0 Å². The summed E-state index contributed by atoms with van der Waals surface area (Å²) in [4.78, 5) is 2.60. The van der Waals surface area contributed by atoms with Crippen LogP contribution in [0.5, 0.6) is 0 Å². The molecule has 0 fully saturated rings. The number of aliphatic hydroxyl groups excluding tert-OH is 1. The summed E-state index contributed by atoms with van der Waals surface area (Å²) < 4.78 is 0. The van der Waals surface area contributed by atoms with Gasteiger partial charge in [0.05, 0.1) is 6.61 Å². The predicted molar refractivity (Wildman–Crippen MR) is 84.6 cm³/mol. The van der Waals surface area contributed by atoms with E-state index in [9.17, 15) is 5.11 Å². The Morgan fingerprint density at radius 2 is 1.79 bits per heavy atom. The third-order valence-corrected chi connectivity index (χ3v) is 4.14. The molecule has 116 valence electrons. The lowest BCUT2D eigenvalue weighted by molar-refractivity contribution is 0.148. The molecule has 0 aliphatic heterocycles. The highest BCUT2D eigenvalue weighted by Crippen LogP contribution is 2.14. The van der Waals surface area contributed by atoms with E-state index in [1.165, 1.54) is 25.8 Å². The third kappa shape index (κ3) is 7.91. The fourth-order valence-electron chi connectivity index (χ4n) is 2.49. The first kappa shape index (κ1) is 18.9. The fourth-order valence-corrected chi connectivity index (χ4v) is 2.49. The van der Waals surface area contributed by atoms with Crippen LogP contribution in [0.1, 0.15) is 66.7 Å². The van der Waals surface area contributed by atoms with Crippen LogP contribution in [-0.2, 0) is 0 Å². The first-order chi connectivity index (χ1) is 9.02. The van der Waals surface area contributed by atoms with Crippen LogP contribution in [-0.4, -0.2) is 47.8 Å². The molecule has 0 saturated heterocycles. The van der Waals surface area contributed by atoms with Gasteiger partial charge in [0.25, 0.3) is 0 Å². The van der Waals surface area contributed by atoms with Crippen molar-refractivity contribution in [2.45, 2.75) is 78.3 Å². The van der Waals surface area contributed by atoms with E-state index in [-0.39, 0.29) is 12.1 Å². The van der Waals surface area contributed by atoms with Crippen LogP contribution in [0, 0.1) is 0 Å². The van der Waals surface area contributed by atoms with Crippen molar-refractivity contribution in [1.29, 1.82) is 0 Å². The van der Waals surface area contributed by atoms with Crippen LogP contribution < -0.4 is 5.32 Å². The van der Waals surface area contributed by atoms with Gasteiger partial charge in [-0.1, -0.05) is 27.2 Å². The second-order valence-electron chi connectivity index (χ2n) is 6.00. The topological polar surface area (TPSA) is 35.5 Å². The molecule has 0 heterocycles. The van der Waals surface area contributed by atoms with Crippen LogP contribution in [0.15, 0.2) is 0 Å². The second-order valence-corrected chi connectivity index (χ2v) is 6.00. The smallest absolute Gasteiger partial charge is 0.0610 e. The van der Waals surface area contributed by atoms with E-state index in [2.05, 4.69) is 44.8 Å². The molecule has 0 amide bonds. The number of unbranched alkanes of at least 4 members (excludes halogenated alkanes) is 1. The molecule has 3 nitrogen and oxygen atoms in total. The highest BCUT2D eigenvalue weighted by Gasteiger charge is 2.22. The number of rotatable bonds is 12. The van der Waals surface area contributed by atoms with E-state index in [1.807, 2.05) is 0 Å². The summed E-state index contributed by atoms with van der Waals surface area (Å²) in [7, 11) is 0. The minimum Gasteiger partial charge on any atom is -0.394 e. The van der Waals surface area contributed by atoms with Gasteiger partial charge >= 0.3 is 0 Å². The molecule has 0 saturated carbocycles. The summed E-state index contributed by atoms with van der Waals surface area (Å²) >= 11 is 0. The Morgan fingerprint density at radius 1 is 1.16 bits per heavy atom. The van der Waals surface area contributed by atoms with E-state index < -0.39 is 0 Å². The molecule has 2 N–H and O–H groups in total. The van der Waals surface area contributed by atoms with Gasteiger partial charge in [0.1, 0.15) is 0 Å². The standard InChI is InChI=1S/C16H36N2O/c1-6-9-12-18(15(4)7-2)13-10-11-16(5,14-19)17-8-3/h15,17,19H,6-14H2,1-5H3. The Kier molecular flexibility index (Phi) is 10.6. The number of nitrogens with one attached hydrogen (secondary N) is 1. The maximum Gasteiger partial charge on any atom is 0.0610 e. The molecule has 19 heavy (non-hydrogen) atoms. The van der Waals surface area contributed by atoms with Crippen molar-refractivity contribution in [3.63, 3.8) is 0 Å². The maximum atomic E-state index is 9.50. The lowest BCUT2D eigenvalue weighted by atomic mass is 9.96. The summed E-state index contributed by atoms with van der Waals surface area (Å²) in [5.41, 5.74) is -0.110. The summed E-state index contributed by atoms with van der Waals surface area (Å²) in [5, 5.41) is 12.9. The molecule has 0 aliphatic rings. The number of hydrogen-bond donors (Lipinski definition) is 2. The van der Waals surface area contributed by atoms with Crippen molar-refractivity contribution in [1.82, 2.24) is 10.2 Å². The molecule has 3 heteroatoms. The van der Waals surface area contributed by atoms with Crippen LogP contribution in [0.2, 0.25) is 0 Å². The van der Waals surface area contributed by atoms with Crippen LogP contribution in [0.3, 0.4) is 0 Å². The van der Waals surface area contributed by atoms with Crippen molar-refractivity contribution in [3.05, 3.63) is 0 Å². The Bertz CT molecular complexity index is 211. The quantitative estimate of drug-likeness (QED) is 0.573. The van der Waals surface area contributed by atoms with E-state index in [4.69, 9.17) is 0 Å². The molecule has 0 aliphatic carbocycles. The molecule has 0 rings (SSSR count). The number of likely N-dealkylation sites (N-methyl/N-ethyl adjacent to an activating group) is 1. The molecule has 2 atom stereocenters. The Balaban J connectivity index is 4.15.